The maximum atomic E-state index is 12.5. The number of methoxy groups -OCH3 is 1. The SMILES string of the molecule is COc1ccc(S(=O)(=O)Nc2nc(CCC(=O)NC3CCCCCC3)cs2)cc1. The van der Waals surface area contributed by atoms with Crippen LogP contribution in [-0.2, 0) is 21.2 Å². The smallest absolute Gasteiger partial charge is 0.263 e. The fraction of sp³-hybridized carbons (Fsp3) is 0.500. The number of ether oxygens (including phenoxy) is 1. The van der Waals surface area contributed by atoms with E-state index in [-0.39, 0.29) is 16.8 Å². The second kappa shape index (κ2) is 10.1. The number of aromatic nitrogens is 1. The molecule has 0 saturated heterocycles. The van der Waals surface area contributed by atoms with Gasteiger partial charge in [0.15, 0.2) is 5.13 Å². The lowest BCUT2D eigenvalue weighted by molar-refractivity contribution is -0.121. The van der Waals surface area contributed by atoms with Gasteiger partial charge in [-0.3, -0.25) is 9.52 Å². The molecule has 1 saturated carbocycles. The van der Waals surface area contributed by atoms with Crippen molar-refractivity contribution < 1.29 is 17.9 Å². The predicted molar refractivity (Wildman–Crippen MR) is 114 cm³/mol. The molecule has 0 aliphatic heterocycles. The van der Waals surface area contributed by atoms with Gasteiger partial charge in [-0.05, 0) is 43.5 Å². The Morgan fingerprint density at radius 1 is 1.17 bits per heavy atom. The Bertz CT molecular complexity index is 902. The zero-order chi connectivity index (χ0) is 20.7. The van der Waals surface area contributed by atoms with Crippen LogP contribution in [-0.4, -0.2) is 32.5 Å². The molecule has 1 heterocycles. The molecule has 0 radical (unpaired) electrons. The molecule has 0 bridgehead atoms. The third-order valence-corrected chi connectivity index (χ3v) is 7.26. The van der Waals surface area contributed by atoms with E-state index < -0.39 is 10.0 Å². The first kappa shape index (κ1) is 21.6. The van der Waals surface area contributed by atoms with E-state index in [1.165, 1.54) is 56.3 Å². The number of thiazole rings is 1. The van der Waals surface area contributed by atoms with Crippen molar-refractivity contribution in [3.8, 4) is 5.75 Å². The Hall–Kier alpha value is -2.13. The van der Waals surface area contributed by atoms with E-state index in [4.69, 9.17) is 4.74 Å². The van der Waals surface area contributed by atoms with Gasteiger partial charge in [0.1, 0.15) is 5.75 Å². The highest BCUT2D eigenvalue weighted by atomic mass is 32.2. The number of nitrogens with zero attached hydrogens (tertiary/aromatic N) is 1. The summed E-state index contributed by atoms with van der Waals surface area (Å²) in [5.74, 6) is 0.618. The highest BCUT2D eigenvalue weighted by Crippen LogP contribution is 2.22. The minimum absolute atomic E-state index is 0.0327. The molecule has 7 nitrogen and oxygen atoms in total. The van der Waals surface area contributed by atoms with Crippen molar-refractivity contribution in [3.05, 3.63) is 35.3 Å². The molecule has 1 aromatic carbocycles. The highest BCUT2D eigenvalue weighted by molar-refractivity contribution is 7.93. The quantitative estimate of drug-likeness (QED) is 0.614. The van der Waals surface area contributed by atoms with Crippen molar-refractivity contribution in [2.75, 3.05) is 11.8 Å². The molecule has 29 heavy (non-hydrogen) atoms. The molecule has 0 atom stereocenters. The average Bonchev–Trinajstić information content (AvgIpc) is 2.99. The summed E-state index contributed by atoms with van der Waals surface area (Å²) in [5.41, 5.74) is 0.707. The first-order chi connectivity index (χ1) is 14.0. The third-order valence-electron chi connectivity index (χ3n) is 4.97. The Balaban J connectivity index is 1.51. The van der Waals surface area contributed by atoms with Crippen LogP contribution in [0.15, 0.2) is 34.5 Å². The monoisotopic (exact) mass is 437 g/mol. The topological polar surface area (TPSA) is 97.4 Å². The fourth-order valence-corrected chi connectivity index (χ4v) is 5.36. The van der Waals surface area contributed by atoms with Crippen molar-refractivity contribution in [1.82, 2.24) is 10.3 Å². The Kier molecular flexibility index (Phi) is 7.49. The van der Waals surface area contributed by atoms with Gasteiger partial charge in [0.2, 0.25) is 5.91 Å². The van der Waals surface area contributed by atoms with Crippen molar-refractivity contribution >= 4 is 32.4 Å². The van der Waals surface area contributed by atoms with Crippen LogP contribution in [0.5, 0.6) is 5.75 Å². The highest BCUT2D eigenvalue weighted by Gasteiger charge is 2.17. The number of carbonyl (C=O) groups is 1. The number of aryl methyl sites for hydroxylation is 1. The lowest BCUT2D eigenvalue weighted by Crippen LogP contribution is -2.34. The summed E-state index contributed by atoms with van der Waals surface area (Å²) in [6.45, 7) is 0. The van der Waals surface area contributed by atoms with Crippen LogP contribution >= 0.6 is 11.3 Å². The standard InChI is InChI=1S/C20H27N3O4S2/c1-27-17-9-11-18(12-10-17)29(25,26)23-20-22-16(14-28-20)8-13-19(24)21-15-6-4-2-3-5-7-15/h9-12,14-15H,2-8,13H2,1H3,(H,21,24)(H,22,23). The summed E-state index contributed by atoms with van der Waals surface area (Å²) >= 11 is 1.21. The number of sulfonamides is 1. The van der Waals surface area contributed by atoms with E-state index in [0.29, 0.717) is 29.4 Å². The minimum Gasteiger partial charge on any atom is -0.497 e. The van der Waals surface area contributed by atoms with Crippen molar-refractivity contribution in [2.45, 2.75) is 62.3 Å². The molecule has 0 spiro atoms. The number of carbonyl (C=O) groups excluding carboxylic acids is 1. The van der Waals surface area contributed by atoms with Gasteiger partial charge in [0.25, 0.3) is 10.0 Å². The van der Waals surface area contributed by atoms with Gasteiger partial charge in [0, 0.05) is 17.8 Å². The third kappa shape index (κ3) is 6.43. The fourth-order valence-electron chi connectivity index (χ4n) is 3.36. The zero-order valence-electron chi connectivity index (χ0n) is 16.5. The predicted octanol–water partition coefficient (Wildman–Crippen LogP) is 3.72. The summed E-state index contributed by atoms with van der Waals surface area (Å²) in [6, 6.07) is 6.43. The molecule has 9 heteroatoms. The molecule has 1 amide bonds. The maximum absolute atomic E-state index is 12.5. The second-order valence-electron chi connectivity index (χ2n) is 7.18. The van der Waals surface area contributed by atoms with Crippen molar-refractivity contribution in [2.24, 2.45) is 0 Å². The lowest BCUT2D eigenvalue weighted by atomic mass is 10.1. The largest absolute Gasteiger partial charge is 0.497 e. The molecular weight excluding hydrogens is 410 g/mol. The summed E-state index contributed by atoms with van der Waals surface area (Å²) in [4.78, 5) is 16.7. The van der Waals surface area contributed by atoms with Gasteiger partial charge in [-0.2, -0.15) is 0 Å². The first-order valence-electron chi connectivity index (χ1n) is 9.87. The summed E-state index contributed by atoms with van der Waals surface area (Å²) in [5, 5.41) is 5.19. The van der Waals surface area contributed by atoms with Gasteiger partial charge >= 0.3 is 0 Å². The zero-order valence-corrected chi connectivity index (χ0v) is 18.2. The Morgan fingerprint density at radius 3 is 2.52 bits per heavy atom. The van der Waals surface area contributed by atoms with Crippen molar-refractivity contribution in [1.29, 1.82) is 0 Å². The van der Waals surface area contributed by atoms with Crippen LogP contribution < -0.4 is 14.8 Å². The van der Waals surface area contributed by atoms with Gasteiger partial charge in [0.05, 0.1) is 17.7 Å². The first-order valence-corrected chi connectivity index (χ1v) is 12.2. The number of anilines is 1. The summed E-state index contributed by atoms with van der Waals surface area (Å²) in [7, 11) is -2.19. The minimum atomic E-state index is -3.72. The second-order valence-corrected chi connectivity index (χ2v) is 9.72. The van der Waals surface area contributed by atoms with Crippen LogP contribution in [0, 0.1) is 0 Å². The molecule has 0 unspecified atom stereocenters. The molecule has 1 aliphatic carbocycles. The van der Waals surface area contributed by atoms with E-state index in [1.54, 1.807) is 17.5 Å². The molecule has 1 aromatic heterocycles. The molecular formula is C20H27N3O4S2. The lowest BCUT2D eigenvalue weighted by Gasteiger charge is -2.15. The molecule has 2 aromatic rings. The normalized spacial score (nSPS) is 15.5. The molecule has 3 rings (SSSR count). The number of hydrogen-bond acceptors (Lipinski definition) is 6. The molecule has 158 valence electrons. The number of nitrogens with one attached hydrogen (secondary N) is 2. The van der Waals surface area contributed by atoms with Gasteiger partial charge < -0.3 is 10.1 Å². The van der Waals surface area contributed by atoms with Crippen LogP contribution in [0.3, 0.4) is 0 Å². The Labute approximate surface area is 175 Å². The van der Waals surface area contributed by atoms with Gasteiger partial charge in [-0.25, -0.2) is 13.4 Å². The summed E-state index contributed by atoms with van der Waals surface area (Å²) < 4.78 is 32.5. The van der Waals surface area contributed by atoms with Gasteiger partial charge in [-0.15, -0.1) is 11.3 Å². The van der Waals surface area contributed by atoms with Crippen LogP contribution in [0.4, 0.5) is 5.13 Å². The Morgan fingerprint density at radius 2 is 1.86 bits per heavy atom. The van der Waals surface area contributed by atoms with Crippen LogP contribution in [0.1, 0.15) is 50.6 Å². The summed E-state index contributed by atoms with van der Waals surface area (Å²) in [6.07, 6.45) is 7.80. The van der Waals surface area contributed by atoms with Crippen molar-refractivity contribution in [3.63, 3.8) is 0 Å². The number of hydrogen-bond donors (Lipinski definition) is 2. The number of benzene rings is 1. The number of rotatable bonds is 8. The van der Waals surface area contributed by atoms with Gasteiger partial charge in [-0.1, -0.05) is 25.7 Å². The van der Waals surface area contributed by atoms with E-state index in [2.05, 4.69) is 15.0 Å². The van der Waals surface area contributed by atoms with E-state index in [1.807, 2.05) is 0 Å². The number of amides is 1. The maximum Gasteiger partial charge on any atom is 0.263 e. The molecule has 1 fully saturated rings. The van der Waals surface area contributed by atoms with E-state index in [9.17, 15) is 13.2 Å². The molecule has 2 N–H and O–H groups in total. The van der Waals surface area contributed by atoms with Crippen LogP contribution in [0.2, 0.25) is 0 Å². The van der Waals surface area contributed by atoms with Crippen LogP contribution in [0.25, 0.3) is 0 Å². The molecule has 1 aliphatic rings. The van der Waals surface area contributed by atoms with E-state index in [0.717, 1.165) is 12.8 Å². The average molecular weight is 438 g/mol. The van der Waals surface area contributed by atoms with E-state index >= 15 is 0 Å².